The molecule has 0 aromatic heterocycles. The minimum Gasteiger partial charge on any atom is -0.375 e. The lowest BCUT2D eigenvalue weighted by atomic mass is 9.85. The van der Waals surface area contributed by atoms with Gasteiger partial charge in [0.2, 0.25) is 0 Å². The number of ketones is 1. The number of Topliss-reactive ketones (excluding diaryl/α,β-unsaturated/α-hetero) is 1. The van der Waals surface area contributed by atoms with Gasteiger partial charge in [-0.2, -0.15) is 0 Å². The third-order valence-electron chi connectivity index (χ3n) is 4.86. The topological polar surface area (TPSA) is 57.6 Å². The number of hydrogen-bond donors (Lipinski definition) is 1. The quantitative estimate of drug-likeness (QED) is 0.683. The van der Waals surface area contributed by atoms with Crippen LogP contribution in [0.5, 0.6) is 0 Å². The van der Waals surface area contributed by atoms with E-state index in [0.717, 1.165) is 16.7 Å². The smallest absolute Gasteiger partial charge is 0.265 e. The minimum atomic E-state index is -1.89. The van der Waals surface area contributed by atoms with E-state index in [2.05, 4.69) is 5.92 Å². The van der Waals surface area contributed by atoms with Crippen molar-refractivity contribution in [1.29, 1.82) is 0 Å². The fraction of sp³-hybridized carbons (Fsp3) is 0.273. The molecule has 0 saturated heterocycles. The number of rotatable bonds is 4. The summed E-state index contributed by atoms with van der Waals surface area (Å²) in [7, 11) is 0. The number of amides is 1. The molecule has 0 spiro atoms. The molecule has 1 aliphatic heterocycles. The molecule has 132 valence electrons. The second-order valence-electron chi connectivity index (χ2n) is 6.85. The van der Waals surface area contributed by atoms with Crippen LogP contribution in [-0.2, 0) is 10.4 Å². The summed E-state index contributed by atoms with van der Waals surface area (Å²) in [6.07, 6.45) is 5.06. The van der Waals surface area contributed by atoms with E-state index in [4.69, 9.17) is 6.42 Å². The van der Waals surface area contributed by atoms with Crippen LogP contribution < -0.4 is 4.90 Å². The van der Waals surface area contributed by atoms with Crippen LogP contribution in [0.3, 0.4) is 0 Å². The highest BCUT2D eigenvalue weighted by Gasteiger charge is 2.50. The Morgan fingerprint density at radius 3 is 2.42 bits per heavy atom. The van der Waals surface area contributed by atoms with Crippen molar-refractivity contribution >= 4 is 17.4 Å². The van der Waals surface area contributed by atoms with Gasteiger partial charge >= 0.3 is 0 Å². The van der Waals surface area contributed by atoms with Gasteiger partial charge in [-0.15, -0.1) is 6.42 Å². The maximum absolute atomic E-state index is 13.0. The van der Waals surface area contributed by atoms with E-state index in [9.17, 15) is 14.7 Å². The molecule has 1 amide bonds. The van der Waals surface area contributed by atoms with Crippen molar-refractivity contribution in [2.45, 2.75) is 32.8 Å². The van der Waals surface area contributed by atoms with E-state index in [1.54, 1.807) is 24.3 Å². The molecule has 0 radical (unpaired) electrons. The van der Waals surface area contributed by atoms with Crippen LogP contribution in [0.4, 0.5) is 5.69 Å². The number of para-hydroxylation sites is 1. The molecule has 1 aliphatic rings. The van der Waals surface area contributed by atoms with Gasteiger partial charge in [0.15, 0.2) is 11.4 Å². The highest BCUT2D eigenvalue weighted by molar-refractivity contribution is 6.11. The Morgan fingerprint density at radius 2 is 1.81 bits per heavy atom. The monoisotopic (exact) mass is 347 g/mol. The maximum Gasteiger partial charge on any atom is 0.265 e. The van der Waals surface area contributed by atoms with Crippen LogP contribution in [0.25, 0.3) is 0 Å². The molecule has 0 aliphatic carbocycles. The summed E-state index contributed by atoms with van der Waals surface area (Å²) in [5.74, 6) is 1.63. The van der Waals surface area contributed by atoms with E-state index in [1.165, 1.54) is 4.90 Å². The summed E-state index contributed by atoms with van der Waals surface area (Å²) in [6.45, 7) is 5.75. The van der Waals surface area contributed by atoms with Gasteiger partial charge in [-0.05, 0) is 38.0 Å². The van der Waals surface area contributed by atoms with Gasteiger partial charge in [-0.1, -0.05) is 41.8 Å². The molecule has 2 aromatic rings. The summed E-state index contributed by atoms with van der Waals surface area (Å²) in [5, 5.41) is 11.2. The average Bonchev–Trinajstić information content (AvgIpc) is 2.77. The molecule has 0 saturated carbocycles. The third kappa shape index (κ3) is 2.71. The zero-order chi connectivity index (χ0) is 19.1. The molecule has 4 heteroatoms. The van der Waals surface area contributed by atoms with Crippen LogP contribution >= 0.6 is 0 Å². The molecule has 0 unspecified atom stereocenters. The lowest BCUT2D eigenvalue weighted by molar-refractivity contribution is -0.135. The van der Waals surface area contributed by atoms with Crippen LogP contribution in [0, 0.1) is 33.1 Å². The van der Waals surface area contributed by atoms with Crippen LogP contribution in [0.2, 0.25) is 0 Å². The number of anilines is 1. The summed E-state index contributed by atoms with van der Waals surface area (Å²) < 4.78 is 0. The molecule has 1 heterocycles. The van der Waals surface area contributed by atoms with Crippen molar-refractivity contribution in [2.24, 2.45) is 0 Å². The van der Waals surface area contributed by atoms with E-state index in [0.29, 0.717) is 16.8 Å². The first-order chi connectivity index (χ1) is 12.3. The van der Waals surface area contributed by atoms with E-state index >= 15 is 0 Å². The summed E-state index contributed by atoms with van der Waals surface area (Å²) in [6, 6.07) is 10.8. The number of aliphatic hydroxyl groups is 1. The molecule has 1 atom stereocenters. The van der Waals surface area contributed by atoms with E-state index in [-0.39, 0.29) is 18.7 Å². The van der Waals surface area contributed by atoms with Crippen molar-refractivity contribution < 1.29 is 14.7 Å². The molecule has 0 fully saturated rings. The third-order valence-corrected chi connectivity index (χ3v) is 4.86. The highest BCUT2D eigenvalue weighted by Crippen LogP contribution is 2.42. The first-order valence-corrected chi connectivity index (χ1v) is 8.48. The lowest BCUT2D eigenvalue weighted by Gasteiger charge is -2.22. The van der Waals surface area contributed by atoms with Crippen LogP contribution in [0.15, 0.2) is 36.4 Å². The van der Waals surface area contributed by atoms with Crippen LogP contribution in [0.1, 0.15) is 39.0 Å². The molecule has 26 heavy (non-hydrogen) atoms. The number of benzene rings is 2. The van der Waals surface area contributed by atoms with Gasteiger partial charge in [-0.25, -0.2) is 0 Å². The predicted octanol–water partition coefficient (Wildman–Crippen LogP) is 3.05. The number of fused-ring (bicyclic) bond motifs is 1. The normalized spacial score (nSPS) is 18.6. The molecule has 2 aromatic carbocycles. The molecular formula is C22H21NO3. The average molecular weight is 347 g/mol. The Bertz CT molecular complexity index is 931. The Kier molecular flexibility index (Phi) is 4.43. The Morgan fingerprint density at radius 1 is 1.19 bits per heavy atom. The fourth-order valence-electron chi connectivity index (χ4n) is 3.87. The number of terminal acetylenes is 1. The molecule has 0 bridgehead atoms. The maximum atomic E-state index is 13.0. The zero-order valence-electron chi connectivity index (χ0n) is 15.2. The van der Waals surface area contributed by atoms with Gasteiger partial charge in [0, 0.05) is 11.1 Å². The van der Waals surface area contributed by atoms with Crippen molar-refractivity contribution in [3.63, 3.8) is 0 Å². The summed E-state index contributed by atoms with van der Waals surface area (Å²) in [5.41, 5.74) is 2.40. The highest BCUT2D eigenvalue weighted by atomic mass is 16.3. The second kappa shape index (κ2) is 6.44. The summed E-state index contributed by atoms with van der Waals surface area (Å²) in [4.78, 5) is 27.3. The molecule has 3 rings (SSSR count). The van der Waals surface area contributed by atoms with Crippen molar-refractivity contribution in [1.82, 2.24) is 0 Å². The van der Waals surface area contributed by atoms with Crippen LogP contribution in [-0.4, -0.2) is 23.3 Å². The number of hydrogen-bond acceptors (Lipinski definition) is 3. The summed E-state index contributed by atoms with van der Waals surface area (Å²) >= 11 is 0. The number of nitrogens with zero attached hydrogens (tertiary/aromatic N) is 1. The minimum absolute atomic E-state index is 0.0505. The fourth-order valence-corrected chi connectivity index (χ4v) is 3.87. The van der Waals surface area contributed by atoms with Gasteiger partial charge < -0.3 is 5.11 Å². The first-order valence-electron chi connectivity index (χ1n) is 8.48. The Hall–Kier alpha value is -2.90. The second-order valence-corrected chi connectivity index (χ2v) is 6.85. The van der Waals surface area contributed by atoms with Crippen molar-refractivity contribution in [2.75, 3.05) is 11.4 Å². The van der Waals surface area contributed by atoms with Gasteiger partial charge in [-0.3, -0.25) is 14.5 Å². The van der Waals surface area contributed by atoms with Gasteiger partial charge in [0.25, 0.3) is 5.91 Å². The number of carbonyl (C=O) groups is 2. The molecule has 4 nitrogen and oxygen atoms in total. The molecule has 1 N–H and O–H groups in total. The standard InChI is InChI=1S/C22H21NO3/c1-5-10-23-18-9-7-6-8-17(18)22(26,21(23)25)13-19(24)20-15(3)11-14(2)12-16(20)4/h1,6-9,11-12,26H,10,13H2,2-4H3/t22-/m1/s1. The van der Waals surface area contributed by atoms with Gasteiger partial charge in [0.05, 0.1) is 18.7 Å². The largest absolute Gasteiger partial charge is 0.375 e. The SMILES string of the molecule is C#CCN1C(=O)[C@@](O)(CC(=O)c2c(C)cc(C)cc2C)c2ccccc21. The number of aryl methyl sites for hydroxylation is 3. The first kappa shape index (κ1) is 17.9. The molecular weight excluding hydrogens is 326 g/mol. The number of carbonyl (C=O) groups excluding carboxylic acids is 2. The Labute approximate surface area is 153 Å². The Balaban J connectivity index is 2.03. The lowest BCUT2D eigenvalue weighted by Crippen LogP contribution is -2.42. The predicted molar refractivity (Wildman–Crippen MR) is 101 cm³/mol. The van der Waals surface area contributed by atoms with Crippen molar-refractivity contribution in [3.05, 3.63) is 64.2 Å². The zero-order valence-corrected chi connectivity index (χ0v) is 15.2. The van der Waals surface area contributed by atoms with E-state index in [1.807, 2.05) is 32.9 Å². The van der Waals surface area contributed by atoms with Crippen molar-refractivity contribution in [3.8, 4) is 12.3 Å². The van der Waals surface area contributed by atoms with Gasteiger partial charge in [0.1, 0.15) is 0 Å². The van der Waals surface area contributed by atoms with E-state index < -0.39 is 11.5 Å².